The fourth-order valence-corrected chi connectivity index (χ4v) is 5.27. The first-order valence-corrected chi connectivity index (χ1v) is 9.17. The Labute approximate surface area is 129 Å². The molecule has 2 rings (SSSR count). The van der Waals surface area contributed by atoms with Crippen LogP contribution in [0.15, 0.2) is 9.85 Å². The summed E-state index contributed by atoms with van der Waals surface area (Å²) in [5.74, 6) is 0.775. The Hall–Kier alpha value is 0.950. The van der Waals surface area contributed by atoms with Gasteiger partial charge in [-0.2, -0.15) is 0 Å². The second-order valence-corrected chi connectivity index (χ2v) is 8.57. The van der Waals surface area contributed by atoms with E-state index in [0.29, 0.717) is 4.83 Å². The summed E-state index contributed by atoms with van der Waals surface area (Å²) in [7, 11) is 0. The van der Waals surface area contributed by atoms with Crippen molar-refractivity contribution in [3.8, 4) is 0 Å². The number of hydrogen-bond donors (Lipinski definition) is 0. The minimum atomic E-state index is 0.481. The molecule has 1 aliphatic carbocycles. The molecule has 1 unspecified atom stereocenters. The van der Waals surface area contributed by atoms with E-state index in [4.69, 9.17) is 11.6 Å². The van der Waals surface area contributed by atoms with Gasteiger partial charge in [-0.05, 0) is 40.8 Å². The lowest BCUT2D eigenvalue weighted by Crippen LogP contribution is -2.09. The molecule has 0 amide bonds. The average molecular weight is 401 g/mol. The maximum absolute atomic E-state index is 6.11. The molecular weight excluding hydrogens is 383 g/mol. The number of rotatable bonds is 2. The Bertz CT molecular complexity index is 337. The van der Waals surface area contributed by atoms with Crippen molar-refractivity contribution in [3.63, 3.8) is 0 Å². The summed E-state index contributed by atoms with van der Waals surface area (Å²) in [6.07, 6.45) is 9.71. The zero-order chi connectivity index (χ0) is 12.3. The second-order valence-electron chi connectivity index (χ2n) is 4.78. The molecule has 0 radical (unpaired) electrons. The van der Waals surface area contributed by atoms with Gasteiger partial charge in [0.25, 0.3) is 0 Å². The van der Waals surface area contributed by atoms with Crippen molar-refractivity contribution in [1.29, 1.82) is 0 Å². The number of halogens is 3. The molecule has 1 aliphatic rings. The average Bonchev–Trinajstić information content (AvgIpc) is 2.58. The quantitative estimate of drug-likeness (QED) is 0.471. The van der Waals surface area contributed by atoms with Crippen molar-refractivity contribution in [1.82, 2.24) is 0 Å². The van der Waals surface area contributed by atoms with Crippen LogP contribution in [0.25, 0.3) is 0 Å². The van der Waals surface area contributed by atoms with Crippen molar-refractivity contribution < 1.29 is 0 Å². The van der Waals surface area contributed by atoms with E-state index in [0.717, 1.165) is 14.7 Å². The van der Waals surface area contributed by atoms with Crippen molar-refractivity contribution in [2.24, 2.45) is 5.92 Å². The number of thiophene rings is 1. The molecule has 1 fully saturated rings. The molecule has 0 bridgehead atoms. The summed E-state index contributed by atoms with van der Waals surface area (Å²) >= 11 is 15.3. The monoisotopic (exact) mass is 398 g/mol. The highest BCUT2D eigenvalue weighted by atomic mass is 79.9. The van der Waals surface area contributed by atoms with Crippen LogP contribution in [0.3, 0.4) is 0 Å². The summed E-state index contributed by atoms with van der Waals surface area (Å²) in [5.41, 5.74) is 0. The molecule has 0 nitrogen and oxygen atoms in total. The van der Waals surface area contributed by atoms with E-state index >= 15 is 0 Å². The lowest BCUT2D eigenvalue weighted by molar-refractivity contribution is 0.376. The summed E-state index contributed by atoms with van der Waals surface area (Å²) in [4.78, 5) is 1.85. The summed E-state index contributed by atoms with van der Waals surface area (Å²) in [6, 6.07) is 2.11. The third kappa shape index (κ3) is 3.95. The van der Waals surface area contributed by atoms with Crippen LogP contribution in [0.1, 0.15) is 54.7 Å². The number of alkyl halides is 1. The van der Waals surface area contributed by atoms with Gasteiger partial charge in [0, 0.05) is 4.88 Å². The van der Waals surface area contributed by atoms with Crippen LogP contribution in [0.4, 0.5) is 0 Å². The molecule has 1 heterocycles. The minimum Gasteiger partial charge on any atom is -0.130 e. The second kappa shape index (κ2) is 6.93. The highest BCUT2D eigenvalue weighted by molar-refractivity contribution is 9.11. The van der Waals surface area contributed by atoms with Crippen LogP contribution >= 0.6 is 54.8 Å². The van der Waals surface area contributed by atoms with E-state index in [2.05, 4.69) is 37.9 Å². The molecule has 1 aromatic heterocycles. The van der Waals surface area contributed by atoms with E-state index in [1.54, 1.807) is 11.3 Å². The van der Waals surface area contributed by atoms with Crippen molar-refractivity contribution in [3.05, 3.63) is 19.8 Å². The maximum Gasteiger partial charge on any atom is 0.0887 e. The number of hydrogen-bond acceptors (Lipinski definition) is 1. The van der Waals surface area contributed by atoms with Gasteiger partial charge in [0.1, 0.15) is 0 Å². The van der Waals surface area contributed by atoms with Crippen molar-refractivity contribution >= 4 is 54.8 Å². The third-order valence-electron chi connectivity index (χ3n) is 3.50. The molecule has 17 heavy (non-hydrogen) atoms. The first kappa shape index (κ1) is 14.4. The van der Waals surface area contributed by atoms with Gasteiger partial charge in [-0.15, -0.1) is 11.3 Å². The summed E-state index contributed by atoms with van der Waals surface area (Å²) < 4.78 is 1.06. The van der Waals surface area contributed by atoms with Gasteiger partial charge in [0.15, 0.2) is 0 Å². The van der Waals surface area contributed by atoms with Crippen molar-refractivity contribution in [2.45, 2.75) is 49.8 Å². The van der Waals surface area contributed by atoms with Gasteiger partial charge in [0.05, 0.1) is 13.6 Å². The highest BCUT2D eigenvalue weighted by Gasteiger charge is 2.23. The summed E-state index contributed by atoms with van der Waals surface area (Å²) in [6.45, 7) is 0. The Morgan fingerprint density at radius 2 is 1.76 bits per heavy atom. The molecule has 0 spiro atoms. The molecule has 0 aromatic carbocycles. The largest absolute Gasteiger partial charge is 0.130 e. The smallest absolute Gasteiger partial charge is 0.0887 e. The van der Waals surface area contributed by atoms with Crippen LogP contribution in [-0.4, -0.2) is 0 Å². The lowest BCUT2D eigenvalue weighted by atomic mass is 9.88. The van der Waals surface area contributed by atoms with Crippen LogP contribution in [-0.2, 0) is 0 Å². The maximum atomic E-state index is 6.11. The lowest BCUT2D eigenvalue weighted by Gasteiger charge is -2.23. The fraction of sp³-hybridized carbons (Fsp3) is 0.692. The van der Waals surface area contributed by atoms with E-state index in [1.165, 1.54) is 49.8 Å². The van der Waals surface area contributed by atoms with Gasteiger partial charge in [-0.25, -0.2) is 0 Å². The Morgan fingerprint density at radius 1 is 1.18 bits per heavy atom. The van der Waals surface area contributed by atoms with Gasteiger partial charge >= 0.3 is 0 Å². The first-order chi connectivity index (χ1) is 8.18. The summed E-state index contributed by atoms with van der Waals surface area (Å²) in [5, 5.41) is 0.847. The predicted molar refractivity (Wildman–Crippen MR) is 84.5 cm³/mol. The molecular formula is C13H17Br2ClS. The molecule has 4 heteroatoms. The van der Waals surface area contributed by atoms with E-state index in [9.17, 15) is 0 Å². The zero-order valence-corrected chi connectivity index (χ0v) is 14.5. The van der Waals surface area contributed by atoms with Crippen LogP contribution in [0.5, 0.6) is 0 Å². The third-order valence-corrected chi connectivity index (χ3v) is 7.60. The van der Waals surface area contributed by atoms with E-state index in [-0.39, 0.29) is 0 Å². The molecule has 1 atom stereocenters. The molecule has 1 aromatic rings. The fourth-order valence-electron chi connectivity index (χ4n) is 2.51. The van der Waals surface area contributed by atoms with Crippen LogP contribution in [0, 0.1) is 5.92 Å². The van der Waals surface area contributed by atoms with Crippen LogP contribution in [0.2, 0.25) is 5.02 Å². The zero-order valence-electron chi connectivity index (χ0n) is 9.72. The molecule has 0 N–H and O–H groups in total. The predicted octanol–water partition coefficient (Wildman–Crippen LogP) is 6.96. The highest BCUT2D eigenvalue weighted by Crippen LogP contribution is 2.44. The molecule has 0 aliphatic heterocycles. The molecule has 96 valence electrons. The van der Waals surface area contributed by atoms with Gasteiger partial charge in [-0.3, -0.25) is 0 Å². The normalized spacial score (nSPS) is 20.9. The van der Waals surface area contributed by atoms with E-state index in [1.807, 2.05) is 0 Å². The topological polar surface area (TPSA) is 0 Å². The standard InChI is InChI=1S/C13H17Br2ClS/c14-12(11-8-10(16)13(15)17-11)9-6-4-2-1-3-5-7-9/h8-9,12H,1-7H2. The Morgan fingerprint density at radius 3 is 2.29 bits per heavy atom. The SMILES string of the molecule is Clc1cc(C(Br)C2CCCCCCC2)sc1Br. The van der Waals surface area contributed by atoms with Gasteiger partial charge in [-0.1, -0.05) is 59.6 Å². The minimum absolute atomic E-state index is 0.481. The van der Waals surface area contributed by atoms with E-state index < -0.39 is 0 Å². The first-order valence-electron chi connectivity index (χ1n) is 6.27. The van der Waals surface area contributed by atoms with Crippen molar-refractivity contribution in [2.75, 3.05) is 0 Å². The Kier molecular flexibility index (Phi) is 5.85. The molecule has 1 saturated carbocycles. The Balaban J connectivity index is 2.04. The molecule has 0 saturated heterocycles. The van der Waals surface area contributed by atoms with Gasteiger partial charge in [0.2, 0.25) is 0 Å². The van der Waals surface area contributed by atoms with Crippen LogP contribution < -0.4 is 0 Å². The van der Waals surface area contributed by atoms with Gasteiger partial charge < -0.3 is 0 Å².